The normalized spacial score (nSPS) is 12.4. The van der Waals surface area contributed by atoms with Crippen molar-refractivity contribution in [3.8, 4) is 0 Å². The van der Waals surface area contributed by atoms with Crippen LogP contribution in [-0.2, 0) is 0 Å². The first-order chi connectivity index (χ1) is 10.0. The van der Waals surface area contributed by atoms with Gasteiger partial charge < -0.3 is 5.32 Å². The van der Waals surface area contributed by atoms with Gasteiger partial charge in [-0.1, -0.05) is 53.9 Å². The van der Waals surface area contributed by atoms with Gasteiger partial charge in [0.25, 0.3) is 0 Å². The van der Waals surface area contributed by atoms with Gasteiger partial charge in [0.15, 0.2) is 0 Å². The third-order valence-corrected chi connectivity index (χ3v) is 3.95. The van der Waals surface area contributed by atoms with E-state index in [1.165, 1.54) is 27.8 Å². The molecule has 0 aliphatic carbocycles. The fourth-order valence-corrected chi connectivity index (χ4v) is 3.06. The molecule has 0 fully saturated rings. The van der Waals surface area contributed by atoms with Crippen LogP contribution in [0.5, 0.6) is 0 Å². The van der Waals surface area contributed by atoms with Crippen LogP contribution in [-0.4, -0.2) is 6.54 Å². The molecule has 2 aromatic carbocycles. The van der Waals surface area contributed by atoms with Crippen LogP contribution < -0.4 is 5.32 Å². The Bertz CT molecular complexity index is 599. The lowest BCUT2D eigenvalue weighted by atomic mass is 9.93. The van der Waals surface area contributed by atoms with E-state index in [1.807, 2.05) is 12.1 Å². The summed E-state index contributed by atoms with van der Waals surface area (Å²) in [6, 6.07) is 13.1. The molecule has 1 N–H and O–H groups in total. The number of halogens is 1. The van der Waals surface area contributed by atoms with E-state index in [2.05, 4.69) is 57.3 Å². The Kier molecular flexibility index (Phi) is 5.44. The molecule has 1 atom stereocenters. The molecule has 0 saturated carbocycles. The fourth-order valence-electron chi connectivity index (χ4n) is 2.84. The van der Waals surface area contributed by atoms with E-state index >= 15 is 0 Å². The molecule has 0 heterocycles. The third kappa shape index (κ3) is 4.09. The third-order valence-electron chi connectivity index (χ3n) is 3.72. The molecule has 1 unspecified atom stereocenters. The molecule has 0 bridgehead atoms. The van der Waals surface area contributed by atoms with Crippen LogP contribution in [0.15, 0.2) is 36.4 Å². The van der Waals surface area contributed by atoms with Gasteiger partial charge in [0.1, 0.15) is 0 Å². The summed E-state index contributed by atoms with van der Waals surface area (Å²) in [5.41, 5.74) is 6.47. The zero-order chi connectivity index (χ0) is 15.4. The molecule has 0 spiro atoms. The zero-order valence-electron chi connectivity index (χ0n) is 13.3. The molecule has 0 aromatic heterocycles. The summed E-state index contributed by atoms with van der Waals surface area (Å²) in [6.07, 6.45) is 1.12. The maximum Gasteiger partial charge on any atom is 0.0579 e. The molecular formula is C19H24ClN. The van der Waals surface area contributed by atoms with Crippen LogP contribution in [0.3, 0.4) is 0 Å². The molecule has 21 heavy (non-hydrogen) atoms. The van der Waals surface area contributed by atoms with Crippen LogP contribution in [0.4, 0.5) is 0 Å². The average Bonchev–Trinajstić information content (AvgIpc) is 2.40. The minimum atomic E-state index is 0.223. The highest BCUT2D eigenvalue weighted by atomic mass is 35.5. The van der Waals surface area contributed by atoms with E-state index in [0.29, 0.717) is 0 Å². The molecule has 0 amide bonds. The monoisotopic (exact) mass is 301 g/mol. The topological polar surface area (TPSA) is 12.0 Å². The Morgan fingerprint density at radius 1 is 1.00 bits per heavy atom. The number of nitrogens with one attached hydrogen (secondary N) is 1. The number of hydrogen-bond donors (Lipinski definition) is 1. The Hall–Kier alpha value is -1.31. The number of aryl methyl sites for hydroxylation is 3. The molecule has 0 aliphatic rings. The summed E-state index contributed by atoms with van der Waals surface area (Å²) in [7, 11) is 0. The van der Waals surface area contributed by atoms with Crippen molar-refractivity contribution in [1.82, 2.24) is 5.32 Å². The smallest absolute Gasteiger partial charge is 0.0579 e. The first-order valence-corrected chi connectivity index (χ1v) is 7.96. The first-order valence-electron chi connectivity index (χ1n) is 7.59. The molecule has 1 nitrogen and oxygen atoms in total. The van der Waals surface area contributed by atoms with Crippen molar-refractivity contribution >= 4 is 11.6 Å². The summed E-state index contributed by atoms with van der Waals surface area (Å²) in [6.45, 7) is 9.63. The van der Waals surface area contributed by atoms with E-state index in [0.717, 1.165) is 18.0 Å². The first kappa shape index (κ1) is 16.1. The zero-order valence-corrected chi connectivity index (χ0v) is 14.1. The molecule has 2 aromatic rings. The van der Waals surface area contributed by atoms with E-state index in [4.69, 9.17) is 11.6 Å². The standard InChI is InChI=1S/C19H24ClN/c1-5-8-21-19(16-10-13(2)9-14(3)11-16)18-7-6-17(20)12-15(18)4/h6-7,9-12,19,21H,5,8H2,1-4H3. The lowest BCUT2D eigenvalue weighted by Gasteiger charge is -2.22. The Morgan fingerprint density at radius 2 is 1.67 bits per heavy atom. The van der Waals surface area contributed by atoms with Gasteiger partial charge in [-0.2, -0.15) is 0 Å². The van der Waals surface area contributed by atoms with Crippen LogP contribution in [0, 0.1) is 20.8 Å². The summed E-state index contributed by atoms with van der Waals surface area (Å²) < 4.78 is 0. The largest absolute Gasteiger partial charge is 0.306 e. The number of hydrogen-bond acceptors (Lipinski definition) is 1. The van der Waals surface area contributed by atoms with Crippen molar-refractivity contribution in [1.29, 1.82) is 0 Å². The van der Waals surface area contributed by atoms with Gasteiger partial charge >= 0.3 is 0 Å². The molecule has 2 rings (SSSR count). The highest BCUT2D eigenvalue weighted by Gasteiger charge is 2.16. The number of rotatable bonds is 5. The fraction of sp³-hybridized carbons (Fsp3) is 0.368. The SMILES string of the molecule is CCCNC(c1cc(C)cc(C)c1)c1ccc(Cl)cc1C. The highest BCUT2D eigenvalue weighted by Crippen LogP contribution is 2.28. The molecule has 0 radical (unpaired) electrons. The van der Waals surface area contributed by atoms with Crippen molar-refractivity contribution in [3.63, 3.8) is 0 Å². The van der Waals surface area contributed by atoms with Crippen molar-refractivity contribution in [2.45, 2.75) is 40.2 Å². The Balaban J connectivity index is 2.46. The van der Waals surface area contributed by atoms with Crippen molar-refractivity contribution in [2.24, 2.45) is 0 Å². The molecule has 0 aliphatic heterocycles. The van der Waals surface area contributed by atoms with E-state index in [-0.39, 0.29) is 6.04 Å². The molecule has 2 heteroatoms. The maximum atomic E-state index is 6.10. The van der Waals surface area contributed by atoms with Crippen molar-refractivity contribution in [2.75, 3.05) is 6.54 Å². The minimum absolute atomic E-state index is 0.223. The van der Waals surface area contributed by atoms with Gasteiger partial charge in [-0.3, -0.25) is 0 Å². The number of benzene rings is 2. The van der Waals surface area contributed by atoms with Crippen molar-refractivity contribution in [3.05, 3.63) is 69.2 Å². The van der Waals surface area contributed by atoms with Gasteiger partial charge in [0.2, 0.25) is 0 Å². The van der Waals surface area contributed by atoms with Crippen LogP contribution in [0.1, 0.15) is 47.2 Å². The van der Waals surface area contributed by atoms with Gasteiger partial charge in [-0.15, -0.1) is 0 Å². The predicted octanol–water partition coefficient (Wildman–Crippen LogP) is 5.35. The second-order valence-corrected chi connectivity index (χ2v) is 6.25. The second-order valence-electron chi connectivity index (χ2n) is 5.81. The maximum absolute atomic E-state index is 6.10. The van der Waals surface area contributed by atoms with E-state index in [1.54, 1.807) is 0 Å². The predicted molar refractivity (Wildman–Crippen MR) is 92.2 cm³/mol. The van der Waals surface area contributed by atoms with E-state index in [9.17, 15) is 0 Å². The van der Waals surface area contributed by atoms with Crippen molar-refractivity contribution < 1.29 is 0 Å². The van der Waals surface area contributed by atoms with Crippen LogP contribution in [0.2, 0.25) is 5.02 Å². The van der Waals surface area contributed by atoms with Gasteiger partial charge in [-0.05, 0) is 62.6 Å². The van der Waals surface area contributed by atoms with Gasteiger partial charge in [0, 0.05) is 5.02 Å². The summed E-state index contributed by atoms with van der Waals surface area (Å²) >= 11 is 6.10. The second kappa shape index (κ2) is 7.11. The summed E-state index contributed by atoms with van der Waals surface area (Å²) in [4.78, 5) is 0. The Labute approximate surface area is 133 Å². The van der Waals surface area contributed by atoms with Crippen LogP contribution >= 0.6 is 11.6 Å². The molecule has 0 saturated heterocycles. The van der Waals surface area contributed by atoms with Crippen LogP contribution in [0.25, 0.3) is 0 Å². The summed E-state index contributed by atoms with van der Waals surface area (Å²) in [5.74, 6) is 0. The average molecular weight is 302 g/mol. The lowest BCUT2D eigenvalue weighted by molar-refractivity contribution is 0.596. The Morgan fingerprint density at radius 3 is 2.24 bits per heavy atom. The van der Waals surface area contributed by atoms with E-state index < -0.39 is 0 Å². The quantitative estimate of drug-likeness (QED) is 0.784. The highest BCUT2D eigenvalue weighted by molar-refractivity contribution is 6.30. The summed E-state index contributed by atoms with van der Waals surface area (Å²) in [5, 5.41) is 4.47. The van der Waals surface area contributed by atoms with Gasteiger partial charge in [0.05, 0.1) is 6.04 Å². The molecular weight excluding hydrogens is 278 g/mol. The minimum Gasteiger partial charge on any atom is -0.306 e. The molecule has 112 valence electrons. The van der Waals surface area contributed by atoms with Gasteiger partial charge in [-0.25, -0.2) is 0 Å². The lowest BCUT2D eigenvalue weighted by Crippen LogP contribution is -2.24.